The summed E-state index contributed by atoms with van der Waals surface area (Å²) < 4.78 is 5.66. The number of carbonyl (C=O) groups excluding carboxylic acids is 2. The zero-order chi connectivity index (χ0) is 17.0. The first kappa shape index (κ1) is 15.2. The maximum absolute atomic E-state index is 13.0. The maximum Gasteiger partial charge on any atom is 0.322 e. The molecule has 132 valence electrons. The first-order valence-electron chi connectivity index (χ1n) is 9.44. The summed E-state index contributed by atoms with van der Waals surface area (Å²) in [6.07, 6.45) is 6.52. The molecule has 4 aliphatic carbocycles. The van der Waals surface area contributed by atoms with Gasteiger partial charge in [-0.05, 0) is 62.0 Å². The molecule has 0 spiro atoms. The Kier molecular flexibility index (Phi) is 3.34. The number of urea groups is 1. The van der Waals surface area contributed by atoms with E-state index in [0.29, 0.717) is 30.9 Å². The molecule has 4 saturated carbocycles. The molecule has 1 aliphatic heterocycles. The molecule has 2 amide bonds. The lowest BCUT2D eigenvalue weighted by atomic mass is 9.48. The minimum absolute atomic E-state index is 0.0200. The van der Waals surface area contributed by atoms with Crippen molar-refractivity contribution < 1.29 is 14.3 Å². The van der Waals surface area contributed by atoms with E-state index >= 15 is 0 Å². The molecule has 5 nitrogen and oxygen atoms in total. The molecule has 4 bridgehead atoms. The molecule has 0 aromatic heterocycles. The van der Waals surface area contributed by atoms with Gasteiger partial charge in [0.15, 0.2) is 0 Å². The van der Waals surface area contributed by atoms with E-state index in [1.54, 1.807) is 4.90 Å². The van der Waals surface area contributed by atoms with Crippen molar-refractivity contribution in [3.05, 3.63) is 24.3 Å². The number of aldehydes is 1. The maximum atomic E-state index is 13.0. The van der Waals surface area contributed by atoms with Gasteiger partial charge >= 0.3 is 6.03 Å². The highest BCUT2D eigenvalue weighted by molar-refractivity contribution is 5.94. The molecule has 1 aromatic carbocycles. The normalized spacial score (nSPS) is 38.0. The molecular weight excluding hydrogens is 316 g/mol. The number of hydrogen-bond acceptors (Lipinski definition) is 3. The van der Waals surface area contributed by atoms with Crippen LogP contribution in [-0.2, 0) is 4.79 Å². The summed E-state index contributed by atoms with van der Waals surface area (Å²) in [5.74, 6) is 2.36. The first-order chi connectivity index (χ1) is 12.2. The average molecular weight is 340 g/mol. The van der Waals surface area contributed by atoms with E-state index in [0.717, 1.165) is 43.5 Å². The van der Waals surface area contributed by atoms with E-state index < -0.39 is 0 Å². The molecule has 0 saturated heterocycles. The molecule has 0 radical (unpaired) electrons. The Hall–Kier alpha value is -2.04. The van der Waals surface area contributed by atoms with Crippen LogP contribution in [0, 0.1) is 23.2 Å². The predicted molar refractivity (Wildman–Crippen MR) is 93.7 cm³/mol. The van der Waals surface area contributed by atoms with Crippen LogP contribution < -0.4 is 15.0 Å². The van der Waals surface area contributed by atoms with Crippen LogP contribution in [0.25, 0.3) is 0 Å². The van der Waals surface area contributed by atoms with Crippen LogP contribution in [0.1, 0.15) is 32.1 Å². The second kappa shape index (κ2) is 5.48. The topological polar surface area (TPSA) is 58.6 Å². The highest BCUT2D eigenvalue weighted by Crippen LogP contribution is 2.59. The smallest absolute Gasteiger partial charge is 0.322 e. The molecule has 4 fully saturated rings. The van der Waals surface area contributed by atoms with Gasteiger partial charge in [-0.15, -0.1) is 0 Å². The lowest BCUT2D eigenvalue weighted by Gasteiger charge is -2.58. The largest absolute Gasteiger partial charge is 0.490 e. The third kappa shape index (κ3) is 2.35. The van der Waals surface area contributed by atoms with E-state index in [1.165, 1.54) is 6.29 Å². The van der Waals surface area contributed by atoms with Gasteiger partial charge in [0.1, 0.15) is 18.6 Å². The van der Waals surface area contributed by atoms with Gasteiger partial charge in [0.25, 0.3) is 0 Å². The second-order valence-corrected chi connectivity index (χ2v) is 8.39. The Morgan fingerprint density at radius 1 is 1.20 bits per heavy atom. The zero-order valence-electron chi connectivity index (χ0n) is 14.3. The lowest BCUT2D eigenvalue weighted by Crippen LogP contribution is -2.61. The number of nitrogens with one attached hydrogen (secondary N) is 1. The average Bonchev–Trinajstić information content (AvgIpc) is 2.63. The summed E-state index contributed by atoms with van der Waals surface area (Å²) in [6, 6.07) is 7.90. The number of hydrogen-bond donors (Lipinski definition) is 1. The van der Waals surface area contributed by atoms with Crippen LogP contribution in [0.4, 0.5) is 10.5 Å². The number of carbonyl (C=O) groups is 2. The number of fused-ring (bicyclic) bond motifs is 1. The summed E-state index contributed by atoms with van der Waals surface area (Å²) in [6.45, 7) is 1.10. The molecule has 25 heavy (non-hydrogen) atoms. The molecular formula is C20H24N2O3. The van der Waals surface area contributed by atoms with Gasteiger partial charge in [0.05, 0.1) is 12.2 Å². The lowest BCUT2D eigenvalue weighted by molar-refractivity contribution is -0.133. The highest BCUT2D eigenvalue weighted by Gasteiger charge is 2.55. The summed E-state index contributed by atoms with van der Waals surface area (Å²) >= 11 is 0. The van der Waals surface area contributed by atoms with Crippen molar-refractivity contribution in [2.75, 3.05) is 18.1 Å². The van der Waals surface area contributed by atoms with Gasteiger partial charge < -0.3 is 14.8 Å². The minimum Gasteiger partial charge on any atom is -0.490 e. The summed E-state index contributed by atoms with van der Waals surface area (Å²) in [5, 5.41) is 3.33. The van der Waals surface area contributed by atoms with Crippen LogP contribution in [-0.4, -0.2) is 31.5 Å². The Labute approximate surface area is 147 Å². The van der Waals surface area contributed by atoms with Crippen molar-refractivity contribution in [3.63, 3.8) is 0 Å². The molecule has 5 heteroatoms. The van der Waals surface area contributed by atoms with E-state index in [1.807, 2.05) is 24.3 Å². The Morgan fingerprint density at radius 2 is 1.96 bits per heavy atom. The second-order valence-electron chi connectivity index (χ2n) is 8.39. The quantitative estimate of drug-likeness (QED) is 0.842. The molecule has 2 atom stereocenters. The van der Waals surface area contributed by atoms with E-state index in [9.17, 15) is 9.59 Å². The predicted octanol–water partition coefficient (Wildman–Crippen LogP) is 2.99. The standard InChI is InChI=1S/C20H24N2O3/c23-12-20-9-13-7-14(10-20)18(15(8-13)11-20)21-19(24)22-5-6-25-17-4-2-1-3-16(17)22/h1-4,12-15,18H,5-11H2,(H,21,24). The first-order valence-corrected chi connectivity index (χ1v) is 9.44. The highest BCUT2D eigenvalue weighted by atomic mass is 16.5. The van der Waals surface area contributed by atoms with E-state index in [4.69, 9.17) is 4.74 Å². The van der Waals surface area contributed by atoms with Gasteiger partial charge in [-0.2, -0.15) is 0 Å². The number of benzene rings is 1. The number of rotatable bonds is 2. The van der Waals surface area contributed by atoms with Crippen molar-refractivity contribution in [2.24, 2.45) is 23.2 Å². The Bertz CT molecular complexity index is 703. The van der Waals surface area contributed by atoms with Crippen molar-refractivity contribution in [1.82, 2.24) is 5.32 Å². The number of para-hydroxylation sites is 2. The molecule has 5 aliphatic rings. The molecule has 1 N–H and O–H groups in total. The molecule has 6 rings (SSSR count). The Balaban J connectivity index is 1.35. The SMILES string of the molecule is O=CC12CC3CC(C1)C(NC(=O)N1CCOc4ccccc41)C(C3)C2. The van der Waals surface area contributed by atoms with E-state index in [2.05, 4.69) is 5.32 Å². The molecule has 2 unspecified atom stereocenters. The fraction of sp³-hybridized carbons (Fsp3) is 0.600. The van der Waals surface area contributed by atoms with Crippen LogP contribution in [0.5, 0.6) is 5.75 Å². The summed E-state index contributed by atoms with van der Waals surface area (Å²) in [7, 11) is 0. The number of ether oxygens (including phenoxy) is 1. The number of anilines is 1. The molecule has 1 aromatic rings. The third-order valence-corrected chi connectivity index (χ3v) is 6.83. The fourth-order valence-corrected chi connectivity index (χ4v) is 6.07. The Morgan fingerprint density at radius 3 is 2.72 bits per heavy atom. The third-order valence-electron chi connectivity index (χ3n) is 6.83. The molecule has 1 heterocycles. The van der Waals surface area contributed by atoms with E-state index in [-0.39, 0.29) is 17.5 Å². The minimum atomic E-state index is -0.0940. The van der Waals surface area contributed by atoms with Gasteiger partial charge in [0, 0.05) is 11.5 Å². The summed E-state index contributed by atoms with van der Waals surface area (Å²) in [4.78, 5) is 26.5. The number of amides is 2. The van der Waals surface area contributed by atoms with Crippen molar-refractivity contribution in [3.8, 4) is 5.75 Å². The monoisotopic (exact) mass is 340 g/mol. The van der Waals surface area contributed by atoms with Crippen LogP contribution in [0.2, 0.25) is 0 Å². The van der Waals surface area contributed by atoms with Crippen molar-refractivity contribution in [2.45, 2.75) is 38.1 Å². The van der Waals surface area contributed by atoms with Gasteiger partial charge in [-0.25, -0.2) is 4.79 Å². The van der Waals surface area contributed by atoms with Crippen LogP contribution >= 0.6 is 0 Å². The fourth-order valence-electron chi connectivity index (χ4n) is 6.07. The van der Waals surface area contributed by atoms with Gasteiger partial charge in [-0.3, -0.25) is 4.90 Å². The number of nitrogens with zero attached hydrogens (tertiary/aromatic N) is 1. The van der Waals surface area contributed by atoms with Gasteiger partial charge in [0.2, 0.25) is 0 Å². The van der Waals surface area contributed by atoms with Crippen molar-refractivity contribution in [1.29, 1.82) is 0 Å². The summed E-state index contributed by atoms with van der Waals surface area (Å²) in [5.41, 5.74) is 0.753. The zero-order valence-corrected chi connectivity index (χ0v) is 14.3. The van der Waals surface area contributed by atoms with Crippen molar-refractivity contribution >= 4 is 18.0 Å². The van der Waals surface area contributed by atoms with Crippen LogP contribution in [0.15, 0.2) is 24.3 Å². The van der Waals surface area contributed by atoms with Crippen LogP contribution in [0.3, 0.4) is 0 Å². The van der Waals surface area contributed by atoms with Gasteiger partial charge in [-0.1, -0.05) is 12.1 Å².